The molecule has 2 aromatic heterocycles. The Morgan fingerprint density at radius 1 is 0.574 bits per heavy atom. The van der Waals surface area contributed by atoms with Gasteiger partial charge in [-0.15, -0.1) is 0 Å². The number of benzene rings is 3. The number of amides is 2. The number of rotatable bonds is 6. The van der Waals surface area contributed by atoms with E-state index in [9.17, 15) is 9.59 Å². The van der Waals surface area contributed by atoms with E-state index in [0.29, 0.717) is 24.9 Å². The van der Waals surface area contributed by atoms with Gasteiger partial charge in [-0.25, -0.2) is 19.6 Å². The molecule has 10 nitrogen and oxygen atoms in total. The van der Waals surface area contributed by atoms with Crippen LogP contribution in [0.15, 0.2) is 85.2 Å². The fraction of sp³-hybridized carbons (Fsp3) is 0.409. The van der Waals surface area contributed by atoms with Crippen molar-refractivity contribution in [2.45, 2.75) is 89.5 Å². The maximum atomic E-state index is 13.0. The molecule has 2 saturated heterocycles. The highest BCUT2D eigenvalue weighted by Crippen LogP contribution is 2.63. The molecule has 2 amide bonds. The van der Waals surface area contributed by atoms with Crippen molar-refractivity contribution in [2.24, 2.45) is 11.8 Å². The van der Waals surface area contributed by atoms with Crippen molar-refractivity contribution in [1.82, 2.24) is 29.7 Å². The molecule has 2 aliphatic carbocycles. The first-order valence-electron chi connectivity index (χ1n) is 19.2. The molecule has 54 heavy (non-hydrogen) atoms. The maximum Gasteiger partial charge on any atom is 0.411 e. The van der Waals surface area contributed by atoms with Crippen LogP contribution < -0.4 is 0 Å². The lowest BCUT2D eigenvalue weighted by Gasteiger charge is -2.30. The lowest BCUT2D eigenvalue weighted by molar-refractivity contribution is 0.0151. The minimum absolute atomic E-state index is 0.263. The molecule has 0 radical (unpaired) electrons. The number of imidazole rings is 2. The number of carbonyl (C=O) groups is 2. The molecule has 4 aliphatic rings. The number of piperidine rings is 2. The van der Waals surface area contributed by atoms with Crippen molar-refractivity contribution in [3.05, 3.63) is 96.8 Å². The van der Waals surface area contributed by atoms with Gasteiger partial charge in [0.2, 0.25) is 0 Å². The van der Waals surface area contributed by atoms with Gasteiger partial charge in [0.25, 0.3) is 0 Å². The molecule has 9 rings (SSSR count). The van der Waals surface area contributed by atoms with Gasteiger partial charge in [-0.2, -0.15) is 0 Å². The molecule has 4 fully saturated rings. The van der Waals surface area contributed by atoms with E-state index in [2.05, 4.69) is 82.8 Å². The number of aromatic amines is 2. The predicted molar refractivity (Wildman–Crippen MR) is 207 cm³/mol. The molecule has 2 aliphatic heterocycles. The summed E-state index contributed by atoms with van der Waals surface area (Å²) in [4.78, 5) is 46.5. The van der Waals surface area contributed by atoms with Crippen molar-refractivity contribution in [1.29, 1.82) is 0 Å². The number of nitrogens with one attached hydrogen (secondary N) is 2. The first-order valence-corrected chi connectivity index (χ1v) is 19.2. The average molecular weight is 725 g/mol. The van der Waals surface area contributed by atoms with E-state index in [1.165, 1.54) is 0 Å². The summed E-state index contributed by atoms with van der Waals surface area (Å²) >= 11 is 0. The van der Waals surface area contributed by atoms with Gasteiger partial charge in [-0.05, 0) is 112 Å². The first kappa shape index (κ1) is 34.4. The molecular formula is C44H48N6O4. The Kier molecular flexibility index (Phi) is 7.68. The topological polar surface area (TPSA) is 116 Å². The van der Waals surface area contributed by atoms with Crippen LogP contribution in [0, 0.1) is 11.8 Å². The number of ether oxygens (including phenoxy) is 2. The summed E-state index contributed by atoms with van der Waals surface area (Å²) in [5, 5.41) is 0. The van der Waals surface area contributed by atoms with Gasteiger partial charge in [-0.3, -0.25) is 9.80 Å². The second-order valence-corrected chi connectivity index (χ2v) is 17.5. The SMILES string of the molecule is CC(C)(C)OC(=O)N1CC[C@H]2CC21c1ncc(-c2ccc(-c3ccc(-c4ccc(-c5cnc(C67C[C@@H]6CCN7C(=O)OC(C)(C)C)[nH]5)cc4)cc3)cc2)[nH]1. The van der Waals surface area contributed by atoms with E-state index in [4.69, 9.17) is 19.4 Å². The van der Waals surface area contributed by atoms with Crippen molar-refractivity contribution in [3.63, 3.8) is 0 Å². The fourth-order valence-electron chi connectivity index (χ4n) is 8.84. The predicted octanol–water partition coefficient (Wildman–Crippen LogP) is 9.51. The van der Waals surface area contributed by atoms with Crippen LogP contribution in [0.5, 0.6) is 0 Å². The molecule has 2 N–H and O–H groups in total. The van der Waals surface area contributed by atoms with E-state index in [0.717, 1.165) is 82.1 Å². The van der Waals surface area contributed by atoms with E-state index < -0.39 is 11.2 Å². The van der Waals surface area contributed by atoms with E-state index >= 15 is 0 Å². The summed E-state index contributed by atoms with van der Waals surface area (Å²) in [6, 6.07) is 25.7. The van der Waals surface area contributed by atoms with Crippen molar-refractivity contribution in [3.8, 4) is 44.8 Å². The van der Waals surface area contributed by atoms with Gasteiger partial charge >= 0.3 is 12.2 Å². The Morgan fingerprint density at radius 2 is 0.889 bits per heavy atom. The normalized spacial score (nSPS) is 24.3. The van der Waals surface area contributed by atoms with Crippen LogP contribution >= 0.6 is 0 Å². The molecule has 0 bridgehead atoms. The number of carbonyl (C=O) groups excluding carboxylic acids is 2. The summed E-state index contributed by atoms with van der Waals surface area (Å²) in [7, 11) is 0. The molecule has 4 heterocycles. The number of fused-ring (bicyclic) bond motifs is 2. The van der Waals surface area contributed by atoms with Crippen LogP contribution in [0.4, 0.5) is 9.59 Å². The number of likely N-dealkylation sites (tertiary alicyclic amines) is 2. The van der Waals surface area contributed by atoms with E-state index in [-0.39, 0.29) is 23.3 Å². The van der Waals surface area contributed by atoms with E-state index in [1.54, 1.807) is 0 Å². The van der Waals surface area contributed by atoms with Gasteiger partial charge in [0.1, 0.15) is 33.9 Å². The Hall–Kier alpha value is -5.38. The molecule has 2 saturated carbocycles. The standard InChI is InChI=1S/C44H48N6O4/c1-41(2,3)53-39(51)49-21-19-33-23-43(33,49)37-45-25-35(47-37)31-15-11-29(12-16-31)27-7-9-28(10-8-27)30-13-17-32(18-14-30)36-26-46-38(48-36)44-24-34(44)20-22-50(44)40(52)54-42(4,5)6/h7-18,25-26,33-34H,19-24H2,1-6H3,(H,45,47)(H,46,48)/t33-,34-,43?,44?/m0/s1. The molecule has 4 atom stereocenters. The van der Waals surface area contributed by atoms with Crippen LogP contribution in [0.2, 0.25) is 0 Å². The first-order chi connectivity index (χ1) is 25.7. The highest BCUT2D eigenvalue weighted by Gasteiger charge is 2.68. The minimum Gasteiger partial charge on any atom is -0.444 e. The quantitative estimate of drug-likeness (QED) is 0.180. The van der Waals surface area contributed by atoms with Crippen molar-refractivity contribution < 1.29 is 19.1 Å². The van der Waals surface area contributed by atoms with E-state index in [1.807, 2.05) is 63.7 Å². The molecule has 278 valence electrons. The van der Waals surface area contributed by atoms with Crippen LogP contribution in [-0.2, 0) is 20.6 Å². The van der Waals surface area contributed by atoms with Gasteiger partial charge in [-0.1, -0.05) is 72.8 Å². The lowest BCUT2D eigenvalue weighted by Crippen LogP contribution is -2.42. The zero-order valence-corrected chi connectivity index (χ0v) is 31.9. The maximum absolute atomic E-state index is 13.0. The van der Waals surface area contributed by atoms with Gasteiger partial charge < -0.3 is 19.4 Å². The number of hydrogen-bond acceptors (Lipinski definition) is 6. The highest BCUT2D eigenvalue weighted by atomic mass is 16.6. The summed E-state index contributed by atoms with van der Waals surface area (Å²) in [6.07, 6.45) is 7.01. The molecule has 3 aromatic carbocycles. The molecule has 10 heteroatoms. The van der Waals surface area contributed by atoms with Crippen molar-refractivity contribution in [2.75, 3.05) is 13.1 Å². The number of aromatic nitrogens is 4. The minimum atomic E-state index is -0.536. The smallest absolute Gasteiger partial charge is 0.411 e. The molecular weight excluding hydrogens is 677 g/mol. The average Bonchev–Trinajstić information content (AvgIpc) is 3.62. The van der Waals surface area contributed by atoms with Crippen LogP contribution in [-0.4, -0.2) is 66.2 Å². The molecule has 0 spiro atoms. The summed E-state index contributed by atoms with van der Waals surface area (Å²) in [5.74, 6) is 2.53. The molecule has 2 unspecified atom stereocenters. The van der Waals surface area contributed by atoms with Crippen molar-refractivity contribution >= 4 is 12.2 Å². The van der Waals surface area contributed by atoms with Gasteiger partial charge in [0.05, 0.1) is 23.8 Å². The Balaban J connectivity index is 0.856. The van der Waals surface area contributed by atoms with Crippen LogP contribution in [0.1, 0.15) is 78.9 Å². The van der Waals surface area contributed by atoms with Crippen LogP contribution in [0.25, 0.3) is 44.8 Å². The monoisotopic (exact) mass is 724 g/mol. The summed E-state index contributed by atoms with van der Waals surface area (Å²) < 4.78 is 11.5. The van der Waals surface area contributed by atoms with Crippen LogP contribution in [0.3, 0.4) is 0 Å². The summed E-state index contributed by atoms with van der Waals surface area (Å²) in [5.41, 5.74) is 6.69. The third-order valence-electron chi connectivity index (χ3n) is 11.7. The highest BCUT2D eigenvalue weighted by molar-refractivity contribution is 5.75. The second kappa shape index (κ2) is 12.1. The van der Waals surface area contributed by atoms with Gasteiger partial charge in [0.15, 0.2) is 0 Å². The lowest BCUT2D eigenvalue weighted by atomic mass is 9.98. The number of hydrogen-bond donors (Lipinski definition) is 2. The van der Waals surface area contributed by atoms with Gasteiger partial charge in [0, 0.05) is 13.1 Å². The Bertz CT molecular complexity index is 2070. The Labute approximate surface area is 316 Å². The third-order valence-corrected chi connectivity index (χ3v) is 11.7. The second-order valence-electron chi connectivity index (χ2n) is 17.5. The molecule has 5 aromatic rings. The zero-order chi connectivity index (χ0) is 37.6. The number of nitrogens with zero attached hydrogens (tertiary/aromatic N) is 4. The number of H-pyrrole nitrogens is 2. The largest absolute Gasteiger partial charge is 0.444 e. The third kappa shape index (κ3) is 5.86. The fourth-order valence-corrected chi connectivity index (χ4v) is 8.84. The Morgan fingerprint density at radius 3 is 1.19 bits per heavy atom. The zero-order valence-electron chi connectivity index (χ0n) is 31.9. The summed E-state index contributed by atoms with van der Waals surface area (Å²) in [6.45, 7) is 12.8.